The van der Waals surface area contributed by atoms with Crippen LogP contribution in [0.1, 0.15) is 30.7 Å². The summed E-state index contributed by atoms with van der Waals surface area (Å²) in [6, 6.07) is 10.1. The molecule has 20 heteroatoms. The highest BCUT2D eigenvalue weighted by atomic mass is 32.2. The van der Waals surface area contributed by atoms with Gasteiger partial charge in [0.15, 0.2) is 5.82 Å². The lowest BCUT2D eigenvalue weighted by Crippen LogP contribution is -2.59. The van der Waals surface area contributed by atoms with Crippen molar-refractivity contribution in [2.24, 2.45) is 0 Å². The quantitative estimate of drug-likeness (QED) is 0.0690. The minimum absolute atomic E-state index is 0.0514. The first kappa shape index (κ1) is 42.8. The predicted octanol–water partition coefficient (Wildman–Crippen LogP) is 3.04. The number of hydrogen-bond donors (Lipinski definition) is 5. The van der Waals surface area contributed by atoms with Crippen molar-refractivity contribution in [1.82, 2.24) is 19.8 Å². The van der Waals surface area contributed by atoms with E-state index in [1.165, 1.54) is 51.3 Å². The summed E-state index contributed by atoms with van der Waals surface area (Å²) < 4.78 is 56.9. The standard InChI is InChI=1S/C37H42F3N7O7S.H2O2/c1-41-32(51)9-6-24(19-48)44(3)29-8-5-23(12-30(29)43(2)21-49)28-10-11-45(20-37(28,39)40)18-34(53)46-15-26(16-46)54-25-7-4-22-13-31(50)36(35(38)27(22)14-25)47-17-33(52)42-55-47;1-2/h4-5,7-8,12-14,19,21,24,26,28,50H,6,9-11,15-18,20H2,1-3H3,(H,41,51)(H,42,52);1-2H. The Labute approximate surface area is 330 Å². The van der Waals surface area contributed by atoms with Crippen LogP contribution in [0.3, 0.4) is 0 Å². The van der Waals surface area contributed by atoms with Crippen molar-refractivity contribution in [2.45, 2.75) is 43.2 Å². The van der Waals surface area contributed by atoms with Gasteiger partial charge in [0, 0.05) is 33.0 Å². The van der Waals surface area contributed by atoms with E-state index in [1.54, 1.807) is 36.2 Å². The molecule has 3 aliphatic heterocycles. The van der Waals surface area contributed by atoms with E-state index in [1.807, 2.05) is 0 Å². The van der Waals surface area contributed by atoms with Gasteiger partial charge in [0.25, 0.3) is 11.8 Å². The van der Waals surface area contributed by atoms with Gasteiger partial charge in [0.05, 0.1) is 61.6 Å². The lowest BCUT2D eigenvalue weighted by Gasteiger charge is -2.42. The van der Waals surface area contributed by atoms with Gasteiger partial charge < -0.3 is 34.7 Å². The molecule has 0 saturated carbocycles. The summed E-state index contributed by atoms with van der Waals surface area (Å²) in [7, 11) is 4.63. The molecule has 3 aromatic rings. The third kappa shape index (κ3) is 9.46. The normalized spacial score (nSPS) is 18.5. The molecule has 0 spiro atoms. The predicted molar refractivity (Wildman–Crippen MR) is 206 cm³/mol. The van der Waals surface area contributed by atoms with E-state index in [4.69, 9.17) is 15.3 Å². The summed E-state index contributed by atoms with van der Waals surface area (Å²) in [5, 5.41) is 25.5. The van der Waals surface area contributed by atoms with E-state index in [0.29, 0.717) is 40.8 Å². The summed E-state index contributed by atoms with van der Waals surface area (Å²) in [5.74, 6) is -5.95. The first-order chi connectivity index (χ1) is 27.2. The number of phenolic OH excluding ortho intramolecular Hbond substituents is 1. The smallest absolute Gasteiger partial charge is 0.267 e. The molecular weight excluding hydrogens is 776 g/mol. The first-order valence-electron chi connectivity index (χ1n) is 17.9. The zero-order valence-corrected chi connectivity index (χ0v) is 32.2. The fourth-order valence-corrected chi connectivity index (χ4v) is 7.85. The van der Waals surface area contributed by atoms with Crippen LogP contribution in [-0.4, -0.2) is 134 Å². The van der Waals surface area contributed by atoms with Crippen LogP contribution in [0.5, 0.6) is 11.5 Å². The number of carbonyl (C=O) groups excluding carboxylic acids is 5. The van der Waals surface area contributed by atoms with Gasteiger partial charge in [-0.2, -0.15) is 0 Å². The Morgan fingerprint density at radius 3 is 2.49 bits per heavy atom. The Morgan fingerprint density at radius 2 is 1.86 bits per heavy atom. The number of piperidine rings is 1. The number of likely N-dealkylation sites (N-methyl/N-ethyl adjacent to an activating group) is 1. The van der Waals surface area contributed by atoms with Gasteiger partial charge in [-0.25, -0.2) is 13.2 Å². The monoisotopic (exact) mass is 819 g/mol. The summed E-state index contributed by atoms with van der Waals surface area (Å²) in [4.78, 5) is 66.1. The molecule has 0 aromatic heterocycles. The van der Waals surface area contributed by atoms with Crippen molar-refractivity contribution in [3.63, 3.8) is 0 Å². The van der Waals surface area contributed by atoms with Crippen LogP contribution in [0.15, 0.2) is 42.5 Å². The van der Waals surface area contributed by atoms with Crippen LogP contribution >= 0.6 is 12.1 Å². The molecule has 2 atom stereocenters. The van der Waals surface area contributed by atoms with E-state index in [9.17, 15) is 29.1 Å². The topological polar surface area (TPSA) is 196 Å². The fourth-order valence-electron chi connectivity index (χ4n) is 7.13. The number of nitrogens with one attached hydrogen (secondary N) is 2. The maximum atomic E-state index is 15.8. The van der Waals surface area contributed by atoms with Crippen molar-refractivity contribution >= 4 is 70.4 Å². The average Bonchev–Trinajstić information content (AvgIpc) is 3.61. The van der Waals surface area contributed by atoms with Gasteiger partial charge in [0.1, 0.15) is 36.1 Å². The number of rotatable bonds is 14. The number of benzene rings is 3. The van der Waals surface area contributed by atoms with Crippen molar-refractivity contribution in [1.29, 1.82) is 0 Å². The summed E-state index contributed by atoms with van der Waals surface area (Å²) >= 11 is 0.878. The molecule has 3 fully saturated rings. The molecule has 0 aliphatic carbocycles. The molecular formula is C37H44F3N7O9S. The Balaban J connectivity index is 0.00000305. The fraction of sp³-hybridized carbons (Fsp3) is 0.432. The van der Waals surface area contributed by atoms with E-state index >= 15 is 13.2 Å². The van der Waals surface area contributed by atoms with Crippen LogP contribution in [0.2, 0.25) is 0 Å². The zero-order valence-electron chi connectivity index (χ0n) is 31.4. The maximum absolute atomic E-state index is 15.8. The van der Waals surface area contributed by atoms with E-state index < -0.39 is 36.3 Å². The molecule has 16 nitrogen and oxygen atoms in total. The maximum Gasteiger partial charge on any atom is 0.267 e. The molecule has 57 heavy (non-hydrogen) atoms. The Morgan fingerprint density at radius 1 is 1.12 bits per heavy atom. The SMILES string of the molecule is CNC(=O)CCC(C=O)N(C)c1ccc(C2CCN(CC(=O)N3CC(Oc4ccc5cc(O)c(N6CC(=O)NS6)c(F)c5c4)C3)CC2(F)F)cc1N(C)C=O.OO. The third-order valence-corrected chi connectivity index (χ3v) is 11.1. The van der Waals surface area contributed by atoms with Gasteiger partial charge in [-0.15, -0.1) is 0 Å². The number of carbonyl (C=O) groups is 5. The van der Waals surface area contributed by atoms with E-state index in [-0.39, 0.29) is 86.5 Å². The van der Waals surface area contributed by atoms with Crippen LogP contribution in [-0.2, 0) is 24.0 Å². The first-order valence-corrected chi connectivity index (χ1v) is 18.6. The molecule has 5 N–H and O–H groups in total. The van der Waals surface area contributed by atoms with Crippen LogP contribution in [0, 0.1) is 5.82 Å². The molecule has 3 saturated heterocycles. The minimum Gasteiger partial charge on any atom is -0.506 e. The second-order valence-electron chi connectivity index (χ2n) is 13.9. The van der Waals surface area contributed by atoms with Crippen molar-refractivity contribution in [3.8, 4) is 11.5 Å². The van der Waals surface area contributed by atoms with Gasteiger partial charge in [-0.05, 0) is 60.7 Å². The molecule has 3 aliphatic rings. The number of alkyl halides is 2. The number of amides is 4. The summed E-state index contributed by atoms with van der Waals surface area (Å²) in [6.07, 6.45) is 1.22. The molecule has 2 unspecified atom stereocenters. The van der Waals surface area contributed by atoms with Crippen molar-refractivity contribution in [3.05, 3.63) is 53.8 Å². The summed E-state index contributed by atoms with van der Waals surface area (Å²) in [6.45, 7) is -0.315. The number of nitrogens with zero attached hydrogens (tertiary/aromatic N) is 5. The summed E-state index contributed by atoms with van der Waals surface area (Å²) in [5.41, 5.74) is 0.987. The van der Waals surface area contributed by atoms with Crippen LogP contribution < -0.4 is 28.9 Å². The number of anilines is 3. The molecule has 3 aromatic carbocycles. The highest BCUT2D eigenvalue weighted by molar-refractivity contribution is 7.99. The van der Waals surface area contributed by atoms with E-state index in [0.717, 1.165) is 12.1 Å². The Kier molecular flexibility index (Phi) is 13.8. The number of aromatic hydroxyl groups is 1. The van der Waals surface area contributed by atoms with Crippen LogP contribution in [0.4, 0.5) is 30.2 Å². The van der Waals surface area contributed by atoms with Gasteiger partial charge in [-0.3, -0.25) is 43.6 Å². The highest BCUT2D eigenvalue weighted by Gasteiger charge is 2.46. The minimum atomic E-state index is -3.20. The Hall–Kier alpha value is -5.31. The molecule has 3 heterocycles. The lowest BCUT2D eigenvalue weighted by molar-refractivity contribution is -0.176. The van der Waals surface area contributed by atoms with Crippen molar-refractivity contribution < 1.29 is 57.5 Å². The molecule has 0 bridgehead atoms. The molecule has 0 radical (unpaired) electrons. The number of likely N-dealkylation sites (tertiary alicyclic amines) is 2. The highest BCUT2D eigenvalue weighted by Crippen LogP contribution is 2.44. The van der Waals surface area contributed by atoms with Gasteiger partial charge >= 0.3 is 0 Å². The number of aldehydes is 1. The number of ether oxygens (including phenoxy) is 1. The van der Waals surface area contributed by atoms with Gasteiger partial charge in [-0.1, -0.05) is 12.1 Å². The number of fused-ring (bicyclic) bond motifs is 1. The second-order valence-corrected chi connectivity index (χ2v) is 14.8. The molecule has 4 amide bonds. The second kappa shape index (κ2) is 18.3. The zero-order chi connectivity index (χ0) is 41.6. The third-order valence-electron chi connectivity index (χ3n) is 10.3. The number of hydrogen-bond acceptors (Lipinski definition) is 13. The average molecular weight is 820 g/mol. The van der Waals surface area contributed by atoms with Gasteiger partial charge in [0.2, 0.25) is 18.2 Å². The van der Waals surface area contributed by atoms with E-state index in [2.05, 4.69) is 10.0 Å². The van der Waals surface area contributed by atoms with Crippen molar-refractivity contribution in [2.75, 3.05) is 74.5 Å². The largest absolute Gasteiger partial charge is 0.506 e. The lowest BCUT2D eigenvalue weighted by atomic mass is 9.85. The molecule has 6 rings (SSSR count). The molecule has 308 valence electrons. The number of phenols is 1. The van der Waals surface area contributed by atoms with Crippen LogP contribution in [0.25, 0.3) is 10.8 Å². The number of halogens is 3. The Bertz CT molecular complexity index is 1990.